The van der Waals surface area contributed by atoms with Gasteiger partial charge in [0.15, 0.2) is 22.9 Å². The van der Waals surface area contributed by atoms with Gasteiger partial charge in [-0.25, -0.2) is 4.98 Å². The normalized spacial score (nSPS) is 10.4. The zero-order chi connectivity index (χ0) is 16.4. The maximum Gasteiger partial charge on any atom is 0.224 e. The lowest BCUT2D eigenvalue weighted by molar-refractivity contribution is 0.811. The third-order valence-corrected chi connectivity index (χ3v) is 3.18. The molecule has 0 aliphatic heterocycles. The molecule has 9 heteroatoms. The van der Waals surface area contributed by atoms with Crippen LogP contribution in [0.25, 0.3) is 11.2 Å². The van der Waals surface area contributed by atoms with Crippen molar-refractivity contribution in [3.63, 3.8) is 0 Å². The second-order valence-electron chi connectivity index (χ2n) is 4.76. The highest BCUT2D eigenvalue weighted by Gasteiger charge is 2.13. The largest absolute Gasteiger partial charge is 0.370 e. The summed E-state index contributed by atoms with van der Waals surface area (Å²) >= 11 is 0. The van der Waals surface area contributed by atoms with Gasteiger partial charge >= 0.3 is 0 Å². The van der Waals surface area contributed by atoms with Crippen molar-refractivity contribution in [3.05, 3.63) is 41.7 Å². The third kappa shape index (κ3) is 2.73. The van der Waals surface area contributed by atoms with E-state index in [1.54, 1.807) is 17.0 Å². The molecule has 0 bridgehead atoms. The molecule has 0 aliphatic rings. The second kappa shape index (κ2) is 5.61. The predicted molar refractivity (Wildman–Crippen MR) is 85.5 cm³/mol. The van der Waals surface area contributed by atoms with Gasteiger partial charge in [-0.15, -0.1) is 0 Å². The topological polar surface area (TPSA) is 158 Å². The monoisotopic (exact) mass is 307 g/mol. The quantitative estimate of drug-likeness (QED) is 0.461. The summed E-state index contributed by atoms with van der Waals surface area (Å²) in [4.78, 5) is 16.3. The highest BCUT2D eigenvalue weighted by Crippen LogP contribution is 2.23. The number of nitrogens with zero attached hydrogens (tertiary/aromatic N) is 6. The molecular weight excluding hydrogens is 294 g/mol. The molecule has 3 aromatic rings. The van der Waals surface area contributed by atoms with Crippen LogP contribution >= 0.6 is 0 Å². The number of nitriles is 1. The van der Waals surface area contributed by atoms with Crippen molar-refractivity contribution in [1.29, 1.82) is 5.26 Å². The lowest BCUT2D eigenvalue weighted by Crippen LogP contribution is -2.22. The standard InChI is InChI=1S/C14H13N9/c15-5-8-3-1-2-4-9(8)6-23-7-19-10-11(20-13(16)17)21-14(18)22-12(10)23/h1-4,7H,6H2,(H6,16,17,18,20,21,22). The van der Waals surface area contributed by atoms with Crippen LogP contribution in [0.5, 0.6) is 0 Å². The van der Waals surface area contributed by atoms with Crippen LogP contribution in [-0.2, 0) is 6.54 Å². The minimum Gasteiger partial charge on any atom is -0.370 e. The average Bonchev–Trinajstić information content (AvgIpc) is 2.90. The van der Waals surface area contributed by atoms with E-state index in [9.17, 15) is 5.26 Å². The van der Waals surface area contributed by atoms with Crippen molar-refractivity contribution in [2.24, 2.45) is 16.5 Å². The van der Waals surface area contributed by atoms with Gasteiger partial charge in [0.1, 0.15) is 0 Å². The Morgan fingerprint density at radius 1 is 1.26 bits per heavy atom. The van der Waals surface area contributed by atoms with E-state index in [-0.39, 0.29) is 17.7 Å². The SMILES string of the molecule is N#Cc1ccccc1Cn1cnc2c(N=C(N)N)nc(N)nc21. The molecule has 1 aromatic carbocycles. The molecule has 2 heterocycles. The van der Waals surface area contributed by atoms with Crippen molar-refractivity contribution in [2.45, 2.75) is 6.54 Å². The minimum atomic E-state index is -0.145. The van der Waals surface area contributed by atoms with Gasteiger partial charge < -0.3 is 21.8 Å². The molecule has 114 valence electrons. The summed E-state index contributed by atoms with van der Waals surface area (Å²) in [7, 11) is 0. The van der Waals surface area contributed by atoms with Crippen LogP contribution < -0.4 is 17.2 Å². The Balaban J connectivity index is 2.12. The van der Waals surface area contributed by atoms with E-state index in [2.05, 4.69) is 26.0 Å². The number of hydrogen-bond acceptors (Lipinski definition) is 6. The Kier molecular flexibility index (Phi) is 3.48. The second-order valence-corrected chi connectivity index (χ2v) is 4.76. The first-order chi connectivity index (χ1) is 11.1. The summed E-state index contributed by atoms with van der Waals surface area (Å²) in [6.45, 7) is 0.415. The van der Waals surface area contributed by atoms with Gasteiger partial charge in [-0.1, -0.05) is 18.2 Å². The average molecular weight is 307 g/mol. The molecule has 0 amide bonds. The number of benzene rings is 1. The highest BCUT2D eigenvalue weighted by molar-refractivity contribution is 5.87. The number of rotatable bonds is 3. The van der Waals surface area contributed by atoms with E-state index >= 15 is 0 Å². The first-order valence-electron chi connectivity index (χ1n) is 6.64. The van der Waals surface area contributed by atoms with Gasteiger partial charge in [-0.3, -0.25) is 0 Å². The van der Waals surface area contributed by atoms with Crippen LogP contribution in [-0.4, -0.2) is 25.5 Å². The molecule has 0 radical (unpaired) electrons. The first-order valence-corrected chi connectivity index (χ1v) is 6.64. The zero-order valence-corrected chi connectivity index (χ0v) is 12.0. The fourth-order valence-corrected chi connectivity index (χ4v) is 2.21. The third-order valence-electron chi connectivity index (χ3n) is 3.18. The Morgan fingerprint density at radius 3 is 2.78 bits per heavy atom. The number of hydrogen-bond donors (Lipinski definition) is 3. The molecule has 0 atom stereocenters. The van der Waals surface area contributed by atoms with E-state index in [0.717, 1.165) is 5.56 Å². The van der Waals surface area contributed by atoms with Gasteiger partial charge in [-0.05, 0) is 11.6 Å². The molecule has 3 rings (SSSR count). The molecule has 2 aromatic heterocycles. The highest BCUT2D eigenvalue weighted by atomic mass is 15.2. The molecule has 0 saturated carbocycles. The number of guanidine groups is 1. The number of fused-ring (bicyclic) bond motifs is 1. The van der Waals surface area contributed by atoms with Gasteiger partial charge in [0, 0.05) is 0 Å². The number of aromatic nitrogens is 4. The maximum absolute atomic E-state index is 9.18. The van der Waals surface area contributed by atoms with Crippen molar-refractivity contribution in [3.8, 4) is 6.07 Å². The first kappa shape index (κ1) is 14.3. The van der Waals surface area contributed by atoms with Crippen LogP contribution in [0.4, 0.5) is 11.8 Å². The van der Waals surface area contributed by atoms with Gasteiger partial charge in [0.2, 0.25) is 5.95 Å². The maximum atomic E-state index is 9.18. The Labute approximate surface area is 131 Å². The van der Waals surface area contributed by atoms with E-state index in [1.165, 1.54) is 0 Å². The Morgan fingerprint density at radius 2 is 2.04 bits per heavy atom. The number of anilines is 1. The summed E-state index contributed by atoms with van der Waals surface area (Å²) < 4.78 is 1.76. The minimum absolute atomic E-state index is 0.0350. The number of imidazole rings is 1. The lowest BCUT2D eigenvalue weighted by atomic mass is 10.1. The molecular formula is C14H13N9. The van der Waals surface area contributed by atoms with E-state index in [4.69, 9.17) is 17.2 Å². The van der Waals surface area contributed by atoms with E-state index in [0.29, 0.717) is 23.3 Å². The van der Waals surface area contributed by atoms with Crippen molar-refractivity contribution < 1.29 is 0 Å². The van der Waals surface area contributed by atoms with Crippen molar-refractivity contribution in [2.75, 3.05) is 5.73 Å². The zero-order valence-electron chi connectivity index (χ0n) is 12.0. The van der Waals surface area contributed by atoms with Crippen LogP contribution in [0.3, 0.4) is 0 Å². The molecule has 6 N–H and O–H groups in total. The van der Waals surface area contributed by atoms with Gasteiger partial charge in [-0.2, -0.15) is 20.2 Å². The Hall–Kier alpha value is -3.67. The van der Waals surface area contributed by atoms with Crippen molar-refractivity contribution in [1.82, 2.24) is 19.5 Å². The molecule has 0 aliphatic carbocycles. The van der Waals surface area contributed by atoms with E-state index < -0.39 is 0 Å². The summed E-state index contributed by atoms with van der Waals surface area (Å²) in [6.07, 6.45) is 1.58. The Bertz CT molecular complexity index is 945. The van der Waals surface area contributed by atoms with Crippen LogP contribution in [0.1, 0.15) is 11.1 Å². The smallest absolute Gasteiger partial charge is 0.224 e. The molecule has 0 saturated heterocycles. The van der Waals surface area contributed by atoms with Crippen LogP contribution in [0.15, 0.2) is 35.6 Å². The van der Waals surface area contributed by atoms with Crippen molar-refractivity contribution >= 4 is 28.9 Å². The summed E-state index contributed by atoms with van der Waals surface area (Å²) in [6, 6.07) is 9.45. The van der Waals surface area contributed by atoms with E-state index in [1.807, 2.05) is 18.2 Å². The van der Waals surface area contributed by atoms with Gasteiger partial charge in [0.05, 0.1) is 24.5 Å². The number of nitrogen functional groups attached to an aromatic ring is 1. The van der Waals surface area contributed by atoms with Gasteiger partial charge in [0.25, 0.3) is 0 Å². The fraction of sp³-hybridized carbons (Fsp3) is 0.0714. The summed E-state index contributed by atoms with van der Waals surface area (Å²) in [5.41, 5.74) is 18.8. The number of aliphatic imine (C=N–C) groups is 1. The van der Waals surface area contributed by atoms with Crippen LogP contribution in [0, 0.1) is 11.3 Å². The fourth-order valence-electron chi connectivity index (χ4n) is 2.21. The summed E-state index contributed by atoms with van der Waals surface area (Å²) in [5, 5.41) is 9.18. The number of nitrogens with two attached hydrogens (primary N) is 3. The lowest BCUT2D eigenvalue weighted by Gasteiger charge is -2.06. The summed E-state index contributed by atoms with van der Waals surface area (Å²) in [5.74, 6) is 0.0985. The molecule has 0 fully saturated rings. The predicted octanol–water partition coefficient (Wildman–Crippen LogP) is 0.233. The van der Waals surface area contributed by atoms with Crippen LogP contribution in [0.2, 0.25) is 0 Å². The molecule has 9 nitrogen and oxygen atoms in total. The molecule has 0 unspecified atom stereocenters. The molecule has 23 heavy (non-hydrogen) atoms. The molecule has 0 spiro atoms.